The van der Waals surface area contributed by atoms with E-state index in [1.807, 2.05) is 6.92 Å². The van der Waals surface area contributed by atoms with Crippen LogP contribution in [0.1, 0.15) is 25.8 Å². The molecule has 0 aliphatic carbocycles. The van der Waals surface area contributed by atoms with Crippen molar-refractivity contribution >= 4 is 17.5 Å². The van der Waals surface area contributed by atoms with Crippen molar-refractivity contribution in [2.24, 2.45) is 0 Å². The lowest BCUT2D eigenvalue weighted by molar-refractivity contribution is -0.120. The lowest BCUT2D eigenvalue weighted by Crippen LogP contribution is -2.21. The average Bonchev–Trinajstić information content (AvgIpc) is 2.39. The molecule has 0 aliphatic rings. The van der Waals surface area contributed by atoms with Crippen LogP contribution in [-0.4, -0.2) is 36.0 Å². The number of amides is 1. The maximum absolute atomic E-state index is 11.1. The number of nitrogens with one attached hydrogen (secondary N) is 3. The first-order valence-corrected chi connectivity index (χ1v) is 6.25. The third-order valence-electron chi connectivity index (χ3n) is 2.57. The Balaban J connectivity index is 2.69. The molecule has 6 heteroatoms. The van der Waals surface area contributed by atoms with E-state index in [2.05, 4.69) is 32.8 Å². The van der Waals surface area contributed by atoms with Crippen LogP contribution in [0.15, 0.2) is 6.33 Å². The van der Waals surface area contributed by atoms with Crippen molar-refractivity contribution in [3.8, 4) is 0 Å². The molecular weight excluding hydrogens is 230 g/mol. The predicted molar refractivity (Wildman–Crippen MR) is 72.7 cm³/mol. The first-order chi connectivity index (χ1) is 8.72. The van der Waals surface area contributed by atoms with E-state index in [-0.39, 0.29) is 5.91 Å². The Morgan fingerprint density at radius 3 is 2.44 bits per heavy atom. The van der Waals surface area contributed by atoms with Crippen LogP contribution < -0.4 is 16.0 Å². The Morgan fingerprint density at radius 1 is 1.22 bits per heavy atom. The molecule has 0 spiro atoms. The van der Waals surface area contributed by atoms with Crippen molar-refractivity contribution in [2.75, 3.05) is 30.8 Å². The molecule has 0 saturated carbocycles. The molecule has 18 heavy (non-hydrogen) atoms. The molecule has 0 aliphatic heterocycles. The van der Waals surface area contributed by atoms with Gasteiger partial charge in [0, 0.05) is 32.1 Å². The smallest absolute Gasteiger partial charge is 0.221 e. The second-order valence-corrected chi connectivity index (χ2v) is 3.78. The van der Waals surface area contributed by atoms with Gasteiger partial charge in [-0.15, -0.1) is 0 Å². The second kappa shape index (κ2) is 7.47. The third-order valence-corrected chi connectivity index (χ3v) is 2.57. The van der Waals surface area contributed by atoms with Gasteiger partial charge in [0.2, 0.25) is 5.91 Å². The fraction of sp³-hybridized carbons (Fsp3) is 0.583. The highest BCUT2D eigenvalue weighted by atomic mass is 16.1. The molecule has 0 fully saturated rings. The van der Waals surface area contributed by atoms with Crippen molar-refractivity contribution in [1.82, 2.24) is 15.3 Å². The fourth-order valence-electron chi connectivity index (χ4n) is 1.64. The number of anilines is 2. The zero-order valence-electron chi connectivity index (χ0n) is 11.2. The van der Waals surface area contributed by atoms with Crippen LogP contribution in [0, 0.1) is 0 Å². The number of carbonyl (C=O) groups excluding carboxylic acids is 1. The maximum Gasteiger partial charge on any atom is 0.221 e. The fourth-order valence-corrected chi connectivity index (χ4v) is 1.64. The van der Waals surface area contributed by atoms with Crippen molar-refractivity contribution in [3.05, 3.63) is 11.9 Å². The van der Waals surface area contributed by atoms with Gasteiger partial charge in [0.15, 0.2) is 0 Å². The highest BCUT2D eigenvalue weighted by molar-refractivity contribution is 5.76. The van der Waals surface area contributed by atoms with Crippen LogP contribution in [0.5, 0.6) is 0 Å². The summed E-state index contributed by atoms with van der Waals surface area (Å²) in [5, 5.41) is 8.97. The van der Waals surface area contributed by atoms with E-state index in [1.165, 1.54) is 6.33 Å². The molecular formula is C12H21N5O. The van der Waals surface area contributed by atoms with Gasteiger partial charge in [-0.3, -0.25) is 4.79 Å². The summed E-state index contributed by atoms with van der Waals surface area (Å²) in [5.41, 5.74) is 1.05. The maximum atomic E-state index is 11.1. The zero-order chi connectivity index (χ0) is 13.4. The normalized spacial score (nSPS) is 9.94. The van der Waals surface area contributed by atoms with Crippen LogP contribution in [0.4, 0.5) is 11.6 Å². The van der Waals surface area contributed by atoms with Gasteiger partial charge in [0.1, 0.15) is 18.0 Å². The number of nitrogens with zero attached hydrogens (tertiary/aromatic N) is 2. The average molecular weight is 251 g/mol. The van der Waals surface area contributed by atoms with Gasteiger partial charge in [-0.25, -0.2) is 9.97 Å². The summed E-state index contributed by atoms with van der Waals surface area (Å²) in [6.07, 6.45) is 2.80. The standard InChI is InChI=1S/C12H21N5O/c1-4-9-11(14-5-2)16-8-17-12(9)15-7-6-10(18)13-3/h8H,4-7H2,1-3H3,(H,13,18)(H2,14,15,16,17). The van der Waals surface area contributed by atoms with E-state index >= 15 is 0 Å². The number of aromatic nitrogens is 2. The number of hydrogen-bond acceptors (Lipinski definition) is 5. The summed E-state index contributed by atoms with van der Waals surface area (Å²) in [6, 6.07) is 0. The third kappa shape index (κ3) is 3.87. The summed E-state index contributed by atoms with van der Waals surface area (Å²) in [6.45, 7) is 5.47. The lowest BCUT2D eigenvalue weighted by Gasteiger charge is -2.13. The van der Waals surface area contributed by atoms with Crippen molar-refractivity contribution < 1.29 is 4.79 Å². The first-order valence-electron chi connectivity index (χ1n) is 6.25. The van der Waals surface area contributed by atoms with E-state index < -0.39 is 0 Å². The predicted octanol–water partition coefficient (Wildman–Crippen LogP) is 1.02. The highest BCUT2D eigenvalue weighted by Gasteiger charge is 2.08. The van der Waals surface area contributed by atoms with Gasteiger partial charge in [-0.05, 0) is 13.3 Å². The van der Waals surface area contributed by atoms with Crippen LogP contribution in [0.3, 0.4) is 0 Å². The van der Waals surface area contributed by atoms with Gasteiger partial charge in [0.05, 0.1) is 0 Å². The summed E-state index contributed by atoms with van der Waals surface area (Å²) in [7, 11) is 1.63. The molecule has 6 nitrogen and oxygen atoms in total. The topological polar surface area (TPSA) is 78.9 Å². The van der Waals surface area contributed by atoms with Gasteiger partial charge < -0.3 is 16.0 Å². The summed E-state index contributed by atoms with van der Waals surface area (Å²) in [5.74, 6) is 1.67. The van der Waals surface area contributed by atoms with Gasteiger partial charge in [0.25, 0.3) is 0 Å². The van der Waals surface area contributed by atoms with Crippen molar-refractivity contribution in [2.45, 2.75) is 26.7 Å². The molecule has 0 bridgehead atoms. The summed E-state index contributed by atoms with van der Waals surface area (Å²) < 4.78 is 0. The molecule has 1 heterocycles. The Hall–Kier alpha value is -1.85. The molecule has 1 aromatic rings. The second-order valence-electron chi connectivity index (χ2n) is 3.78. The van der Waals surface area contributed by atoms with Gasteiger partial charge in [-0.2, -0.15) is 0 Å². The largest absolute Gasteiger partial charge is 0.370 e. The lowest BCUT2D eigenvalue weighted by atomic mass is 10.2. The summed E-state index contributed by atoms with van der Waals surface area (Å²) in [4.78, 5) is 19.6. The highest BCUT2D eigenvalue weighted by Crippen LogP contribution is 2.19. The van der Waals surface area contributed by atoms with E-state index in [4.69, 9.17) is 0 Å². The molecule has 1 aromatic heterocycles. The Morgan fingerprint density at radius 2 is 1.89 bits per heavy atom. The molecule has 0 saturated heterocycles. The number of rotatable bonds is 7. The van der Waals surface area contributed by atoms with E-state index in [9.17, 15) is 4.79 Å². The minimum absolute atomic E-state index is 0.0153. The van der Waals surface area contributed by atoms with Crippen molar-refractivity contribution in [3.63, 3.8) is 0 Å². The van der Waals surface area contributed by atoms with Gasteiger partial charge in [-0.1, -0.05) is 6.92 Å². The van der Waals surface area contributed by atoms with Crippen molar-refractivity contribution in [1.29, 1.82) is 0 Å². The molecule has 0 atom stereocenters. The molecule has 1 amide bonds. The Labute approximate surface area is 108 Å². The van der Waals surface area contributed by atoms with E-state index in [1.54, 1.807) is 7.05 Å². The molecule has 0 aromatic carbocycles. The number of carbonyl (C=O) groups is 1. The molecule has 100 valence electrons. The molecule has 0 unspecified atom stereocenters. The summed E-state index contributed by atoms with van der Waals surface area (Å²) >= 11 is 0. The van der Waals surface area contributed by atoms with Crippen LogP contribution in [-0.2, 0) is 11.2 Å². The minimum atomic E-state index is 0.0153. The Bertz CT molecular complexity index is 394. The number of hydrogen-bond donors (Lipinski definition) is 3. The Kier molecular flexibility index (Phi) is 5.90. The quantitative estimate of drug-likeness (QED) is 0.674. The van der Waals surface area contributed by atoms with E-state index in [0.29, 0.717) is 13.0 Å². The molecule has 0 radical (unpaired) electrons. The van der Waals surface area contributed by atoms with Gasteiger partial charge >= 0.3 is 0 Å². The molecule has 3 N–H and O–H groups in total. The first kappa shape index (κ1) is 14.2. The van der Waals surface area contributed by atoms with Crippen LogP contribution in [0.25, 0.3) is 0 Å². The molecule has 1 rings (SSSR count). The zero-order valence-corrected chi connectivity index (χ0v) is 11.2. The van der Waals surface area contributed by atoms with E-state index in [0.717, 1.165) is 30.2 Å². The van der Waals surface area contributed by atoms with Crippen LogP contribution >= 0.6 is 0 Å². The SMILES string of the molecule is CCNc1ncnc(NCCC(=O)NC)c1CC. The monoisotopic (exact) mass is 251 g/mol. The minimum Gasteiger partial charge on any atom is -0.370 e. The van der Waals surface area contributed by atoms with Crippen LogP contribution in [0.2, 0.25) is 0 Å².